The minimum Gasteiger partial charge on any atom is -0.388 e. The first kappa shape index (κ1) is 8.30. The van der Waals surface area contributed by atoms with E-state index in [0.29, 0.717) is 0 Å². The van der Waals surface area contributed by atoms with Crippen LogP contribution in [0.5, 0.6) is 0 Å². The number of aliphatic hydroxyl groups is 1. The molecular weight excluding hydrogens is 118 g/mol. The Hall–Kier alpha value is -0.700. The van der Waals surface area contributed by atoms with Crippen LogP contribution in [0.2, 0.25) is 0 Å². The lowest BCUT2D eigenvalue weighted by atomic mass is 10.1. The van der Waals surface area contributed by atoms with Gasteiger partial charge >= 0.3 is 0 Å². The van der Waals surface area contributed by atoms with E-state index in [1.165, 1.54) is 0 Å². The Labute approximate surface area is 54.2 Å². The van der Waals surface area contributed by atoms with Gasteiger partial charge in [0.25, 0.3) is 0 Å². The van der Waals surface area contributed by atoms with E-state index in [1.54, 1.807) is 13.8 Å². The van der Waals surface area contributed by atoms with Crippen LogP contribution in [0.3, 0.4) is 0 Å². The third kappa shape index (κ3) is 2.37. The Bertz CT molecular complexity index is 129. The highest BCUT2D eigenvalue weighted by molar-refractivity contribution is 6.39. The summed E-state index contributed by atoms with van der Waals surface area (Å²) in [5.41, 5.74) is -0.00231. The fourth-order valence-corrected chi connectivity index (χ4v) is 0.407. The van der Waals surface area contributed by atoms with E-state index in [0.717, 1.165) is 0 Å². The van der Waals surface area contributed by atoms with Crippen LogP contribution < -0.4 is 0 Å². The van der Waals surface area contributed by atoms with Crippen molar-refractivity contribution in [1.29, 1.82) is 5.41 Å². The molecule has 0 aliphatic heterocycles. The quantitative estimate of drug-likeness (QED) is 0.535. The maximum Gasteiger partial charge on any atom is 0.201 e. The van der Waals surface area contributed by atoms with Crippen molar-refractivity contribution in [3.8, 4) is 0 Å². The van der Waals surface area contributed by atoms with Gasteiger partial charge in [0.2, 0.25) is 5.78 Å². The zero-order valence-corrected chi connectivity index (χ0v) is 5.64. The van der Waals surface area contributed by atoms with Gasteiger partial charge in [-0.05, 0) is 5.92 Å². The van der Waals surface area contributed by atoms with Gasteiger partial charge in [0, 0.05) is 0 Å². The molecule has 0 radical (unpaired) electrons. The minimum atomic E-state index is -0.545. The fourth-order valence-electron chi connectivity index (χ4n) is 0.407. The summed E-state index contributed by atoms with van der Waals surface area (Å²) >= 11 is 0. The molecule has 0 amide bonds. The van der Waals surface area contributed by atoms with Crippen molar-refractivity contribution >= 4 is 11.5 Å². The van der Waals surface area contributed by atoms with Crippen LogP contribution >= 0.6 is 0 Å². The Balaban J connectivity index is 3.89. The molecule has 0 aromatic carbocycles. The van der Waals surface area contributed by atoms with Gasteiger partial charge in [0.15, 0.2) is 0 Å². The van der Waals surface area contributed by atoms with E-state index in [1.807, 2.05) is 0 Å². The third-order valence-corrected chi connectivity index (χ3v) is 1.02. The van der Waals surface area contributed by atoms with Gasteiger partial charge < -0.3 is 10.5 Å². The maximum absolute atomic E-state index is 10.5. The highest BCUT2D eigenvalue weighted by Gasteiger charge is 2.10. The molecule has 0 rings (SSSR count). The first-order chi connectivity index (χ1) is 4.09. The SMILES string of the molecule is CC(C)C(=N)C(=O)CO. The lowest BCUT2D eigenvalue weighted by Crippen LogP contribution is -2.21. The molecule has 2 N–H and O–H groups in total. The van der Waals surface area contributed by atoms with Crippen LogP contribution in [0.15, 0.2) is 0 Å². The summed E-state index contributed by atoms with van der Waals surface area (Å²) in [6.07, 6.45) is 0. The normalized spacial score (nSPS) is 9.78. The van der Waals surface area contributed by atoms with Crippen molar-refractivity contribution in [3.63, 3.8) is 0 Å². The van der Waals surface area contributed by atoms with Crippen molar-refractivity contribution in [2.75, 3.05) is 6.61 Å². The predicted octanol–water partition coefficient (Wildman–Crippen LogP) is 0.224. The summed E-state index contributed by atoms with van der Waals surface area (Å²) in [5.74, 6) is -0.561. The molecule has 0 saturated carbocycles. The van der Waals surface area contributed by atoms with Crippen LogP contribution in [0.1, 0.15) is 13.8 Å². The molecule has 0 spiro atoms. The van der Waals surface area contributed by atoms with Crippen molar-refractivity contribution in [1.82, 2.24) is 0 Å². The highest BCUT2D eigenvalue weighted by atomic mass is 16.3. The van der Waals surface area contributed by atoms with Gasteiger partial charge in [-0.1, -0.05) is 13.8 Å². The number of carbonyl (C=O) groups excluding carboxylic acids is 1. The molecule has 0 saturated heterocycles. The average Bonchev–Trinajstić information content (AvgIpc) is 1.84. The van der Waals surface area contributed by atoms with Gasteiger partial charge in [0.1, 0.15) is 6.61 Å². The van der Waals surface area contributed by atoms with E-state index in [-0.39, 0.29) is 11.6 Å². The van der Waals surface area contributed by atoms with Crippen molar-refractivity contribution in [2.45, 2.75) is 13.8 Å². The van der Waals surface area contributed by atoms with Crippen LogP contribution in [-0.4, -0.2) is 23.2 Å². The second-order valence-corrected chi connectivity index (χ2v) is 2.15. The number of hydrogen-bond donors (Lipinski definition) is 2. The molecule has 0 aromatic heterocycles. The van der Waals surface area contributed by atoms with Crippen molar-refractivity contribution in [2.24, 2.45) is 5.92 Å². The second kappa shape index (κ2) is 3.35. The number of aliphatic hydroxyl groups excluding tert-OH is 1. The molecule has 0 heterocycles. The Morgan fingerprint density at radius 2 is 2.11 bits per heavy atom. The molecule has 0 bridgehead atoms. The number of carbonyl (C=O) groups is 1. The molecular formula is C6H11NO2. The molecule has 3 nitrogen and oxygen atoms in total. The average molecular weight is 129 g/mol. The summed E-state index contributed by atoms with van der Waals surface area (Å²) in [6, 6.07) is 0. The first-order valence-corrected chi connectivity index (χ1v) is 2.82. The van der Waals surface area contributed by atoms with E-state index >= 15 is 0 Å². The summed E-state index contributed by atoms with van der Waals surface area (Å²) in [4.78, 5) is 10.5. The summed E-state index contributed by atoms with van der Waals surface area (Å²) in [6.45, 7) is 2.95. The van der Waals surface area contributed by atoms with Gasteiger partial charge in [0.05, 0.1) is 5.71 Å². The Kier molecular flexibility index (Phi) is 3.09. The number of nitrogens with one attached hydrogen (secondary N) is 1. The molecule has 0 atom stereocenters. The van der Waals surface area contributed by atoms with Gasteiger partial charge in [-0.3, -0.25) is 4.79 Å². The van der Waals surface area contributed by atoms with Crippen LogP contribution in [0, 0.1) is 11.3 Å². The zero-order valence-electron chi connectivity index (χ0n) is 5.64. The molecule has 52 valence electrons. The Morgan fingerprint density at radius 1 is 1.67 bits per heavy atom. The summed E-state index contributed by atoms with van der Waals surface area (Å²) < 4.78 is 0. The van der Waals surface area contributed by atoms with Crippen LogP contribution in [-0.2, 0) is 4.79 Å². The molecule has 3 heteroatoms. The molecule has 0 aromatic rings. The number of ketones is 1. The molecule has 0 unspecified atom stereocenters. The summed E-state index contributed by atoms with van der Waals surface area (Å²) in [7, 11) is 0. The van der Waals surface area contributed by atoms with E-state index in [2.05, 4.69) is 0 Å². The third-order valence-electron chi connectivity index (χ3n) is 1.02. The second-order valence-electron chi connectivity index (χ2n) is 2.15. The fraction of sp³-hybridized carbons (Fsp3) is 0.667. The van der Waals surface area contributed by atoms with Gasteiger partial charge in [-0.15, -0.1) is 0 Å². The first-order valence-electron chi connectivity index (χ1n) is 2.82. The Morgan fingerprint density at radius 3 is 2.22 bits per heavy atom. The van der Waals surface area contributed by atoms with Crippen LogP contribution in [0.4, 0.5) is 0 Å². The standard InChI is InChI=1S/C6H11NO2/c1-4(2)6(7)5(9)3-8/h4,7-8H,3H2,1-2H3. The number of Topliss-reactive ketones (excluding diaryl/α,β-unsaturated/α-hetero) is 1. The smallest absolute Gasteiger partial charge is 0.201 e. The van der Waals surface area contributed by atoms with Crippen molar-refractivity contribution in [3.05, 3.63) is 0 Å². The maximum atomic E-state index is 10.5. The molecule has 0 aliphatic carbocycles. The van der Waals surface area contributed by atoms with Crippen molar-refractivity contribution < 1.29 is 9.90 Å². The zero-order chi connectivity index (χ0) is 7.44. The monoisotopic (exact) mass is 129 g/mol. The lowest BCUT2D eigenvalue weighted by Gasteiger charge is -2.01. The van der Waals surface area contributed by atoms with E-state index < -0.39 is 12.4 Å². The topological polar surface area (TPSA) is 61.2 Å². The lowest BCUT2D eigenvalue weighted by molar-refractivity contribution is -0.115. The van der Waals surface area contributed by atoms with E-state index in [4.69, 9.17) is 10.5 Å². The largest absolute Gasteiger partial charge is 0.388 e. The minimum absolute atomic E-state index is 0.00231. The molecule has 0 aliphatic rings. The number of rotatable bonds is 3. The van der Waals surface area contributed by atoms with E-state index in [9.17, 15) is 4.79 Å². The molecule has 0 fully saturated rings. The molecule has 9 heavy (non-hydrogen) atoms. The predicted molar refractivity (Wildman–Crippen MR) is 34.7 cm³/mol. The van der Waals surface area contributed by atoms with Crippen LogP contribution in [0.25, 0.3) is 0 Å². The van der Waals surface area contributed by atoms with Gasteiger partial charge in [-0.25, -0.2) is 0 Å². The summed E-state index contributed by atoms with van der Waals surface area (Å²) in [5, 5.41) is 15.3. The number of hydrogen-bond acceptors (Lipinski definition) is 3. The highest BCUT2D eigenvalue weighted by Crippen LogP contribution is 1.94. The van der Waals surface area contributed by atoms with Gasteiger partial charge in [-0.2, -0.15) is 0 Å².